The van der Waals surface area contributed by atoms with E-state index in [0.717, 1.165) is 5.56 Å². The van der Waals surface area contributed by atoms with Gasteiger partial charge in [-0.1, -0.05) is 12.1 Å². The molecule has 0 aromatic heterocycles. The summed E-state index contributed by atoms with van der Waals surface area (Å²) in [7, 11) is -4.11. The fourth-order valence-electron chi connectivity index (χ4n) is 0.927. The second-order valence-electron chi connectivity index (χ2n) is 2.75. The predicted molar refractivity (Wildman–Crippen MR) is 49.1 cm³/mol. The van der Waals surface area contributed by atoms with Crippen LogP contribution in [0.5, 0.6) is 0 Å². The van der Waals surface area contributed by atoms with Crippen LogP contribution in [-0.4, -0.2) is 18.7 Å². The summed E-state index contributed by atoms with van der Waals surface area (Å²) in [5.41, 5.74) is 6.85. The number of nitrogen functional groups attached to an aromatic ring is 1. The second-order valence-corrected chi connectivity index (χ2v) is 4.28. The minimum atomic E-state index is -4.11. The van der Waals surface area contributed by atoms with Crippen molar-refractivity contribution >= 4 is 15.8 Å². The van der Waals surface area contributed by atoms with Gasteiger partial charge >= 0.3 is 29.6 Å². The van der Waals surface area contributed by atoms with E-state index in [-0.39, 0.29) is 41.7 Å². The molecule has 6 heteroatoms. The number of hydrogen-bond acceptors (Lipinski definition) is 4. The van der Waals surface area contributed by atoms with Crippen LogP contribution in [0, 0.1) is 0 Å². The van der Waals surface area contributed by atoms with E-state index in [4.69, 9.17) is 5.73 Å². The van der Waals surface area contributed by atoms with Crippen LogP contribution in [0.2, 0.25) is 0 Å². The number of aryl methyl sites for hydroxylation is 1. The average molecular weight is 223 g/mol. The van der Waals surface area contributed by atoms with Crippen molar-refractivity contribution in [2.24, 2.45) is 0 Å². The molecule has 72 valence electrons. The molecule has 0 heterocycles. The van der Waals surface area contributed by atoms with Gasteiger partial charge in [-0.05, 0) is 24.1 Å². The van der Waals surface area contributed by atoms with E-state index >= 15 is 0 Å². The zero-order valence-electron chi connectivity index (χ0n) is 7.93. The first-order valence-corrected chi connectivity index (χ1v) is 5.33. The van der Waals surface area contributed by atoms with Crippen LogP contribution >= 0.6 is 0 Å². The summed E-state index contributed by atoms with van der Waals surface area (Å²) < 4.78 is 30.9. The van der Waals surface area contributed by atoms with E-state index in [1.54, 1.807) is 24.3 Å². The molecule has 1 rings (SSSR count). The van der Waals surface area contributed by atoms with Gasteiger partial charge in [0, 0.05) is 11.4 Å². The van der Waals surface area contributed by atoms with Gasteiger partial charge in [0.05, 0.1) is 10.1 Å². The van der Waals surface area contributed by atoms with Crippen molar-refractivity contribution in [2.75, 3.05) is 11.5 Å². The molecule has 0 aliphatic heterocycles. The molecule has 0 saturated heterocycles. The average Bonchev–Trinajstić information content (AvgIpc) is 2.02. The molecule has 1 aromatic carbocycles. The smallest absolute Gasteiger partial charge is 0.748 e. The Morgan fingerprint density at radius 1 is 1.21 bits per heavy atom. The number of anilines is 1. The quantitative estimate of drug-likeness (QED) is 0.345. The van der Waals surface area contributed by atoms with Crippen molar-refractivity contribution in [1.29, 1.82) is 0 Å². The summed E-state index contributed by atoms with van der Waals surface area (Å²) in [4.78, 5) is 0. The summed E-state index contributed by atoms with van der Waals surface area (Å²) in [6.45, 7) is 0. The third kappa shape index (κ3) is 5.62. The Morgan fingerprint density at radius 3 is 2.14 bits per heavy atom. The van der Waals surface area contributed by atoms with E-state index in [0.29, 0.717) is 5.69 Å². The van der Waals surface area contributed by atoms with Crippen LogP contribution in [-0.2, 0) is 16.5 Å². The van der Waals surface area contributed by atoms with E-state index in [1.807, 2.05) is 0 Å². The summed E-state index contributed by atoms with van der Waals surface area (Å²) >= 11 is 0. The number of benzene rings is 1. The van der Waals surface area contributed by atoms with Crippen molar-refractivity contribution in [3.8, 4) is 0 Å². The van der Waals surface area contributed by atoms with Crippen LogP contribution in [0.1, 0.15) is 5.56 Å². The van der Waals surface area contributed by atoms with Crippen molar-refractivity contribution in [3.05, 3.63) is 29.8 Å². The molecule has 0 aliphatic carbocycles. The Bertz CT molecular complexity index is 374. The molecule has 0 atom stereocenters. The Balaban J connectivity index is 0.00000169. The van der Waals surface area contributed by atoms with E-state index in [9.17, 15) is 13.0 Å². The molecule has 0 unspecified atom stereocenters. The Labute approximate surface area is 106 Å². The van der Waals surface area contributed by atoms with Gasteiger partial charge in [-0.25, -0.2) is 8.42 Å². The van der Waals surface area contributed by atoms with Crippen molar-refractivity contribution in [2.45, 2.75) is 6.42 Å². The molecule has 4 nitrogen and oxygen atoms in total. The standard InChI is InChI=1S/C8H11NO3S.Na/c9-8-3-1-7(2-4-8)5-6-13(10,11)12;/h1-4H,5-6,9H2,(H,10,11,12);/q;+1/p-1. The molecular formula is C8H10NNaO3S. The molecule has 0 saturated carbocycles. The van der Waals surface area contributed by atoms with Gasteiger partial charge in [0.25, 0.3) is 0 Å². The van der Waals surface area contributed by atoms with Gasteiger partial charge in [-0.2, -0.15) is 0 Å². The third-order valence-electron chi connectivity index (χ3n) is 1.62. The van der Waals surface area contributed by atoms with Gasteiger partial charge in [0.15, 0.2) is 0 Å². The molecule has 0 radical (unpaired) electrons. The third-order valence-corrected chi connectivity index (χ3v) is 2.32. The summed E-state index contributed by atoms with van der Waals surface area (Å²) in [5, 5.41) is 0. The molecule has 0 amide bonds. The summed E-state index contributed by atoms with van der Waals surface area (Å²) in [5.74, 6) is -0.364. The van der Waals surface area contributed by atoms with Crippen LogP contribution in [0.15, 0.2) is 24.3 Å². The minimum Gasteiger partial charge on any atom is -0.748 e. The maximum Gasteiger partial charge on any atom is 1.00 e. The van der Waals surface area contributed by atoms with Crippen LogP contribution in [0.3, 0.4) is 0 Å². The van der Waals surface area contributed by atoms with Crippen LogP contribution in [0.25, 0.3) is 0 Å². The van der Waals surface area contributed by atoms with Crippen molar-refractivity contribution < 1.29 is 42.5 Å². The molecule has 0 bridgehead atoms. The van der Waals surface area contributed by atoms with Crippen molar-refractivity contribution in [3.63, 3.8) is 0 Å². The van der Waals surface area contributed by atoms with Gasteiger partial charge < -0.3 is 10.3 Å². The molecule has 2 N–H and O–H groups in total. The second kappa shape index (κ2) is 5.72. The predicted octanol–water partition coefficient (Wildman–Crippen LogP) is -2.64. The zero-order valence-corrected chi connectivity index (χ0v) is 10.8. The topological polar surface area (TPSA) is 83.2 Å². The first-order valence-electron chi connectivity index (χ1n) is 3.75. The van der Waals surface area contributed by atoms with E-state index < -0.39 is 10.1 Å². The molecule has 14 heavy (non-hydrogen) atoms. The van der Waals surface area contributed by atoms with E-state index in [1.165, 1.54) is 0 Å². The summed E-state index contributed by atoms with van der Waals surface area (Å²) in [6, 6.07) is 6.76. The van der Waals surface area contributed by atoms with Gasteiger partial charge in [0.1, 0.15) is 0 Å². The molecular weight excluding hydrogens is 213 g/mol. The van der Waals surface area contributed by atoms with Gasteiger partial charge in [0.2, 0.25) is 0 Å². The van der Waals surface area contributed by atoms with E-state index in [2.05, 4.69) is 0 Å². The first-order chi connectivity index (χ1) is 5.97. The van der Waals surface area contributed by atoms with Gasteiger partial charge in [-0.15, -0.1) is 0 Å². The van der Waals surface area contributed by atoms with Crippen LogP contribution < -0.4 is 35.3 Å². The SMILES string of the molecule is Nc1ccc(CCS(=O)(=O)[O-])cc1.[Na+]. The first kappa shape index (κ1) is 13.9. The Morgan fingerprint density at radius 2 is 1.71 bits per heavy atom. The maximum atomic E-state index is 10.3. The summed E-state index contributed by atoms with van der Waals surface area (Å²) in [6.07, 6.45) is 0.242. The zero-order chi connectivity index (χ0) is 9.90. The monoisotopic (exact) mass is 223 g/mol. The largest absolute Gasteiger partial charge is 1.00 e. The molecule has 0 aliphatic rings. The Kier molecular flexibility index (Phi) is 5.70. The van der Waals surface area contributed by atoms with Gasteiger partial charge in [-0.3, -0.25) is 0 Å². The molecule has 1 aromatic rings. The fraction of sp³-hybridized carbons (Fsp3) is 0.250. The van der Waals surface area contributed by atoms with Crippen molar-refractivity contribution in [1.82, 2.24) is 0 Å². The maximum absolute atomic E-state index is 10.3. The Hall–Kier alpha value is -0.0700. The normalized spacial score (nSPS) is 10.6. The number of hydrogen-bond donors (Lipinski definition) is 1. The van der Waals surface area contributed by atoms with Crippen LogP contribution in [0.4, 0.5) is 5.69 Å². The minimum absolute atomic E-state index is 0. The molecule has 0 spiro atoms. The molecule has 0 fully saturated rings. The number of nitrogens with two attached hydrogens (primary N) is 1. The number of rotatable bonds is 3. The fourth-order valence-corrected chi connectivity index (χ4v) is 1.41.